The van der Waals surface area contributed by atoms with Crippen molar-refractivity contribution < 1.29 is 10.0 Å². The zero-order valence-corrected chi connectivity index (χ0v) is 10.4. The molecule has 0 radical (unpaired) electrons. The number of likely N-dealkylation sites (N-methyl/N-ethyl adjacent to an activating group) is 1. The highest BCUT2D eigenvalue weighted by Crippen LogP contribution is 2.28. The molecule has 2 rings (SSSR count). The lowest BCUT2D eigenvalue weighted by Gasteiger charge is -2.32. The minimum absolute atomic E-state index is 0.00290. The van der Waals surface area contributed by atoms with Crippen LogP contribution in [0, 0.1) is 10.1 Å². The van der Waals surface area contributed by atoms with Crippen LogP contribution >= 0.6 is 0 Å². The number of phenolic OH excluding ortho intramolecular Hbond substituents is 1. The van der Waals surface area contributed by atoms with Gasteiger partial charge in [0.15, 0.2) is 0 Å². The molecule has 1 aromatic rings. The van der Waals surface area contributed by atoms with Crippen LogP contribution in [0.2, 0.25) is 0 Å². The Balaban J connectivity index is 2.15. The van der Waals surface area contributed by atoms with Gasteiger partial charge >= 0.3 is 0 Å². The number of rotatable bonds is 3. The Labute approximate surface area is 106 Å². The molecule has 1 N–H and O–H groups in total. The zero-order valence-electron chi connectivity index (χ0n) is 10.4. The summed E-state index contributed by atoms with van der Waals surface area (Å²) in [6, 6.07) is 4.43. The number of hydrogen-bond acceptors (Lipinski definition) is 5. The van der Waals surface area contributed by atoms with Crippen LogP contribution in [-0.4, -0.2) is 53.1 Å². The number of hydrogen-bond donors (Lipinski definition) is 1. The van der Waals surface area contributed by atoms with Crippen LogP contribution in [0.25, 0.3) is 0 Å². The largest absolute Gasteiger partial charge is 0.507 e. The predicted molar refractivity (Wildman–Crippen MR) is 67.5 cm³/mol. The maximum Gasteiger partial charge on any atom is 0.277 e. The predicted octanol–water partition coefficient (Wildman–Crippen LogP) is 1.05. The molecule has 0 bridgehead atoms. The van der Waals surface area contributed by atoms with Crippen molar-refractivity contribution >= 4 is 5.69 Å². The minimum Gasteiger partial charge on any atom is -0.507 e. The summed E-state index contributed by atoms with van der Waals surface area (Å²) in [5.74, 6) is 0.00290. The van der Waals surface area contributed by atoms with E-state index in [4.69, 9.17) is 0 Å². The van der Waals surface area contributed by atoms with Crippen molar-refractivity contribution in [1.29, 1.82) is 0 Å². The van der Waals surface area contributed by atoms with Crippen molar-refractivity contribution in [2.24, 2.45) is 0 Å². The normalized spacial score (nSPS) is 17.8. The van der Waals surface area contributed by atoms with Gasteiger partial charge < -0.3 is 10.0 Å². The van der Waals surface area contributed by atoms with E-state index in [1.54, 1.807) is 0 Å². The average molecular weight is 251 g/mol. The van der Waals surface area contributed by atoms with E-state index in [9.17, 15) is 15.2 Å². The molecule has 0 atom stereocenters. The molecule has 1 aliphatic heterocycles. The Kier molecular flexibility index (Phi) is 3.78. The van der Waals surface area contributed by atoms with Gasteiger partial charge in [-0.05, 0) is 13.1 Å². The third kappa shape index (κ3) is 2.77. The average Bonchev–Trinajstić information content (AvgIpc) is 2.34. The maximum atomic E-state index is 10.9. The maximum absolute atomic E-state index is 10.9. The SMILES string of the molecule is CN1CCN(Cc2c(O)cccc2[N+](=O)[O-])CC1. The van der Waals surface area contributed by atoms with Crippen molar-refractivity contribution in [3.8, 4) is 5.75 Å². The summed E-state index contributed by atoms with van der Waals surface area (Å²) in [6.07, 6.45) is 0. The zero-order chi connectivity index (χ0) is 13.1. The number of phenols is 1. The highest BCUT2D eigenvalue weighted by molar-refractivity contribution is 5.48. The molecule has 6 nitrogen and oxygen atoms in total. The minimum atomic E-state index is -0.439. The molecule has 1 aromatic carbocycles. The fourth-order valence-corrected chi connectivity index (χ4v) is 2.13. The van der Waals surface area contributed by atoms with E-state index < -0.39 is 4.92 Å². The van der Waals surface area contributed by atoms with Gasteiger partial charge in [0.25, 0.3) is 5.69 Å². The summed E-state index contributed by atoms with van der Waals surface area (Å²) in [6.45, 7) is 4.05. The molecule has 98 valence electrons. The van der Waals surface area contributed by atoms with Gasteiger partial charge in [-0.1, -0.05) is 6.07 Å². The number of nitrogens with zero attached hydrogens (tertiary/aromatic N) is 3. The fraction of sp³-hybridized carbons (Fsp3) is 0.500. The van der Waals surface area contributed by atoms with Crippen molar-refractivity contribution in [2.75, 3.05) is 33.2 Å². The van der Waals surface area contributed by atoms with E-state index >= 15 is 0 Å². The van der Waals surface area contributed by atoms with E-state index in [-0.39, 0.29) is 11.4 Å². The van der Waals surface area contributed by atoms with Crippen LogP contribution in [-0.2, 0) is 6.54 Å². The smallest absolute Gasteiger partial charge is 0.277 e. The van der Waals surface area contributed by atoms with Crippen LogP contribution in [0.3, 0.4) is 0 Å². The highest BCUT2D eigenvalue weighted by Gasteiger charge is 2.21. The van der Waals surface area contributed by atoms with Crippen LogP contribution in [0.4, 0.5) is 5.69 Å². The van der Waals surface area contributed by atoms with Crippen LogP contribution in [0.1, 0.15) is 5.56 Å². The van der Waals surface area contributed by atoms with E-state index in [2.05, 4.69) is 16.8 Å². The Morgan fingerprint density at radius 1 is 1.33 bits per heavy atom. The van der Waals surface area contributed by atoms with Crippen molar-refractivity contribution in [2.45, 2.75) is 6.54 Å². The summed E-state index contributed by atoms with van der Waals surface area (Å²) in [5, 5.41) is 20.7. The molecule has 1 heterocycles. The van der Waals surface area contributed by atoms with Gasteiger partial charge in [-0.15, -0.1) is 0 Å². The molecule has 0 saturated carbocycles. The van der Waals surface area contributed by atoms with Gasteiger partial charge in [0.05, 0.1) is 10.5 Å². The Bertz CT molecular complexity index is 442. The summed E-state index contributed by atoms with van der Waals surface area (Å²) in [4.78, 5) is 14.8. The van der Waals surface area contributed by atoms with Crippen LogP contribution in [0.5, 0.6) is 5.75 Å². The van der Waals surface area contributed by atoms with Gasteiger partial charge in [-0.2, -0.15) is 0 Å². The Morgan fingerprint density at radius 3 is 2.61 bits per heavy atom. The monoisotopic (exact) mass is 251 g/mol. The first-order valence-electron chi connectivity index (χ1n) is 5.94. The number of nitro benzene ring substituents is 1. The van der Waals surface area contributed by atoms with Crippen molar-refractivity contribution in [3.63, 3.8) is 0 Å². The van der Waals surface area contributed by atoms with Crippen LogP contribution < -0.4 is 0 Å². The molecule has 0 spiro atoms. The molecule has 0 aromatic heterocycles. The summed E-state index contributed by atoms with van der Waals surface area (Å²) < 4.78 is 0. The molecular weight excluding hydrogens is 234 g/mol. The second-order valence-corrected chi connectivity index (χ2v) is 4.61. The van der Waals surface area contributed by atoms with E-state index in [0.717, 1.165) is 26.2 Å². The lowest BCUT2D eigenvalue weighted by atomic mass is 10.1. The first-order chi connectivity index (χ1) is 8.58. The van der Waals surface area contributed by atoms with Crippen molar-refractivity contribution in [1.82, 2.24) is 9.80 Å². The summed E-state index contributed by atoms with van der Waals surface area (Å²) >= 11 is 0. The second kappa shape index (κ2) is 5.32. The van der Waals surface area contributed by atoms with Gasteiger partial charge in [0.2, 0.25) is 0 Å². The molecule has 0 amide bonds. The van der Waals surface area contributed by atoms with Gasteiger partial charge in [-0.3, -0.25) is 15.0 Å². The number of aromatic hydroxyl groups is 1. The topological polar surface area (TPSA) is 69.8 Å². The molecule has 1 fully saturated rings. The van der Waals surface area contributed by atoms with Gasteiger partial charge in [0.1, 0.15) is 5.75 Å². The number of piperazine rings is 1. The molecule has 1 aliphatic rings. The summed E-state index contributed by atoms with van der Waals surface area (Å²) in [5.41, 5.74) is 0.404. The molecule has 1 saturated heterocycles. The fourth-order valence-electron chi connectivity index (χ4n) is 2.13. The highest BCUT2D eigenvalue weighted by atomic mass is 16.6. The quantitative estimate of drug-likeness (QED) is 0.642. The van der Waals surface area contributed by atoms with Crippen molar-refractivity contribution in [3.05, 3.63) is 33.9 Å². The Morgan fingerprint density at radius 2 is 2.00 bits per heavy atom. The number of benzene rings is 1. The third-order valence-corrected chi connectivity index (χ3v) is 3.30. The van der Waals surface area contributed by atoms with Gasteiger partial charge in [0, 0.05) is 38.8 Å². The third-order valence-electron chi connectivity index (χ3n) is 3.30. The standard InChI is InChI=1S/C12H17N3O3/c1-13-5-7-14(8-6-13)9-10-11(15(17)18)3-2-4-12(10)16/h2-4,16H,5-9H2,1H3. The molecule has 0 unspecified atom stereocenters. The molecule has 0 aliphatic carbocycles. The van der Waals surface area contributed by atoms with Gasteiger partial charge in [-0.25, -0.2) is 0 Å². The van der Waals surface area contributed by atoms with E-state index in [1.807, 2.05) is 0 Å². The number of nitro groups is 1. The molecule has 6 heteroatoms. The van der Waals surface area contributed by atoms with E-state index in [1.165, 1.54) is 18.2 Å². The van der Waals surface area contributed by atoms with Crippen LogP contribution in [0.15, 0.2) is 18.2 Å². The second-order valence-electron chi connectivity index (χ2n) is 4.61. The molecule has 18 heavy (non-hydrogen) atoms. The molecular formula is C12H17N3O3. The first-order valence-corrected chi connectivity index (χ1v) is 5.94. The lowest BCUT2D eigenvalue weighted by molar-refractivity contribution is -0.385. The first kappa shape index (κ1) is 12.8. The Hall–Kier alpha value is -1.66. The van der Waals surface area contributed by atoms with E-state index in [0.29, 0.717) is 12.1 Å². The lowest BCUT2D eigenvalue weighted by Crippen LogP contribution is -2.43. The summed E-state index contributed by atoms with van der Waals surface area (Å²) in [7, 11) is 2.06.